The zero-order valence-electron chi connectivity index (χ0n) is 11.9. The molecular formula is C13H16N2O6. The van der Waals surface area contributed by atoms with E-state index >= 15 is 0 Å². The van der Waals surface area contributed by atoms with E-state index in [0.717, 1.165) is 0 Å². The van der Waals surface area contributed by atoms with Gasteiger partial charge in [-0.15, -0.1) is 0 Å². The van der Waals surface area contributed by atoms with Gasteiger partial charge in [-0.3, -0.25) is 10.1 Å². The Hall–Kier alpha value is -2.51. The molecule has 1 aliphatic rings. The number of ether oxygens (including phenoxy) is 2. The van der Waals surface area contributed by atoms with E-state index in [9.17, 15) is 20.0 Å². The first-order valence-electron chi connectivity index (χ1n) is 6.25. The molecule has 1 heterocycles. The number of nitrogens with one attached hydrogen (secondary N) is 1. The van der Waals surface area contributed by atoms with Crippen LogP contribution < -0.4 is 10.1 Å². The molecule has 1 fully saturated rings. The maximum Gasteiger partial charge on any atom is 0.407 e. The molecule has 8 heteroatoms. The molecular weight excluding hydrogens is 280 g/mol. The Kier molecular flexibility index (Phi) is 3.63. The first kappa shape index (κ1) is 14.9. The lowest BCUT2D eigenvalue weighted by molar-refractivity contribution is -0.386. The number of amides is 1. The standard InChI is InChI=1S/C13H16N2O6/c1-13(2)6-21-12(17)14-11(13)7-4-8(15(18)19)10(16)9(5-7)20-3/h4-5,11,16H,6H2,1-3H3,(H,14,17)/t11-/m1/s1. The summed E-state index contributed by atoms with van der Waals surface area (Å²) in [6.45, 7) is 3.91. The van der Waals surface area contributed by atoms with Gasteiger partial charge in [-0.25, -0.2) is 4.79 Å². The second-order valence-electron chi connectivity index (χ2n) is 5.49. The summed E-state index contributed by atoms with van der Waals surface area (Å²) in [5, 5.41) is 23.5. The molecule has 0 saturated carbocycles. The van der Waals surface area contributed by atoms with Crippen molar-refractivity contribution >= 4 is 11.8 Å². The van der Waals surface area contributed by atoms with Gasteiger partial charge < -0.3 is 19.9 Å². The van der Waals surface area contributed by atoms with E-state index in [0.29, 0.717) is 5.56 Å². The van der Waals surface area contributed by atoms with E-state index in [1.54, 1.807) is 0 Å². The van der Waals surface area contributed by atoms with Crippen LogP contribution in [0, 0.1) is 15.5 Å². The predicted octanol–water partition coefficient (Wildman–Crippen LogP) is 2.12. The number of carbonyl (C=O) groups excluding carboxylic acids is 1. The number of benzene rings is 1. The zero-order chi connectivity index (χ0) is 15.8. The lowest BCUT2D eigenvalue weighted by Crippen LogP contribution is -2.46. The fourth-order valence-corrected chi connectivity index (χ4v) is 2.30. The van der Waals surface area contributed by atoms with Gasteiger partial charge in [0, 0.05) is 11.5 Å². The highest BCUT2D eigenvalue weighted by Crippen LogP contribution is 2.43. The van der Waals surface area contributed by atoms with E-state index in [4.69, 9.17) is 9.47 Å². The number of methoxy groups -OCH3 is 1. The number of cyclic esters (lactones) is 1. The van der Waals surface area contributed by atoms with Gasteiger partial charge in [0.25, 0.3) is 0 Å². The molecule has 1 atom stereocenters. The highest BCUT2D eigenvalue weighted by atomic mass is 16.6. The Labute approximate surface area is 120 Å². The molecule has 114 valence electrons. The van der Waals surface area contributed by atoms with E-state index in [2.05, 4.69) is 5.32 Å². The largest absolute Gasteiger partial charge is 0.500 e. The maximum absolute atomic E-state index is 11.4. The van der Waals surface area contributed by atoms with Crippen molar-refractivity contribution < 1.29 is 24.3 Å². The van der Waals surface area contributed by atoms with Gasteiger partial charge in [-0.05, 0) is 11.6 Å². The van der Waals surface area contributed by atoms with Crippen LogP contribution in [0.15, 0.2) is 12.1 Å². The number of carbonyl (C=O) groups is 1. The zero-order valence-corrected chi connectivity index (χ0v) is 11.9. The molecule has 8 nitrogen and oxygen atoms in total. The number of nitro groups is 1. The number of hydrogen-bond acceptors (Lipinski definition) is 6. The third-order valence-corrected chi connectivity index (χ3v) is 3.45. The second kappa shape index (κ2) is 5.12. The first-order chi connectivity index (χ1) is 9.76. The summed E-state index contributed by atoms with van der Waals surface area (Å²) in [6, 6.07) is 2.21. The van der Waals surface area contributed by atoms with Gasteiger partial charge in [0.1, 0.15) is 6.61 Å². The van der Waals surface area contributed by atoms with Crippen molar-refractivity contribution in [2.75, 3.05) is 13.7 Å². The molecule has 21 heavy (non-hydrogen) atoms. The van der Waals surface area contributed by atoms with Crippen LogP contribution in [-0.2, 0) is 4.74 Å². The minimum Gasteiger partial charge on any atom is -0.500 e. The van der Waals surface area contributed by atoms with Crippen LogP contribution in [0.4, 0.5) is 10.5 Å². The fraction of sp³-hybridized carbons (Fsp3) is 0.462. The van der Waals surface area contributed by atoms with E-state index < -0.39 is 33.9 Å². The van der Waals surface area contributed by atoms with Crippen LogP contribution >= 0.6 is 0 Å². The quantitative estimate of drug-likeness (QED) is 0.652. The number of alkyl carbamates (subject to hydrolysis) is 1. The molecule has 0 bridgehead atoms. The van der Waals surface area contributed by atoms with E-state index in [-0.39, 0.29) is 12.4 Å². The molecule has 1 aliphatic heterocycles. The van der Waals surface area contributed by atoms with Gasteiger partial charge in [0.2, 0.25) is 5.75 Å². The molecule has 1 aromatic rings. The van der Waals surface area contributed by atoms with Crippen molar-refractivity contribution in [1.29, 1.82) is 0 Å². The number of nitro benzene ring substituents is 1. The minimum atomic E-state index is -0.699. The predicted molar refractivity (Wildman–Crippen MR) is 72.3 cm³/mol. The van der Waals surface area contributed by atoms with Gasteiger partial charge in [0.15, 0.2) is 5.75 Å². The Balaban J connectivity index is 2.54. The van der Waals surface area contributed by atoms with Crippen LogP contribution in [0.3, 0.4) is 0 Å². The van der Waals surface area contributed by atoms with Gasteiger partial charge in [-0.2, -0.15) is 0 Å². The smallest absolute Gasteiger partial charge is 0.407 e. The molecule has 0 spiro atoms. The first-order valence-corrected chi connectivity index (χ1v) is 6.25. The van der Waals surface area contributed by atoms with Crippen LogP contribution in [0.25, 0.3) is 0 Å². The maximum atomic E-state index is 11.4. The highest BCUT2D eigenvalue weighted by Gasteiger charge is 2.39. The number of phenolic OH excluding ortho intramolecular Hbond substituents is 1. The number of aromatic hydroxyl groups is 1. The third-order valence-electron chi connectivity index (χ3n) is 3.45. The lowest BCUT2D eigenvalue weighted by Gasteiger charge is -2.38. The van der Waals surface area contributed by atoms with Crippen molar-refractivity contribution in [3.8, 4) is 11.5 Å². The SMILES string of the molecule is COc1cc([C@H]2NC(=O)OCC2(C)C)cc([N+](=O)[O-])c1O. The average Bonchev–Trinajstić information content (AvgIpc) is 2.41. The van der Waals surface area contributed by atoms with E-state index in [1.807, 2.05) is 13.8 Å². The lowest BCUT2D eigenvalue weighted by atomic mass is 9.80. The summed E-state index contributed by atoms with van der Waals surface area (Å²) in [5.74, 6) is -0.557. The Morgan fingerprint density at radius 2 is 2.19 bits per heavy atom. The van der Waals surface area contributed by atoms with Crippen LogP contribution in [0.2, 0.25) is 0 Å². The second-order valence-corrected chi connectivity index (χ2v) is 5.49. The summed E-state index contributed by atoms with van der Waals surface area (Å²) < 4.78 is 9.90. The molecule has 0 aliphatic carbocycles. The summed E-state index contributed by atoms with van der Waals surface area (Å²) in [4.78, 5) is 21.8. The van der Waals surface area contributed by atoms with Crippen molar-refractivity contribution in [2.45, 2.75) is 19.9 Å². The fourth-order valence-electron chi connectivity index (χ4n) is 2.30. The molecule has 1 aromatic carbocycles. The summed E-state index contributed by atoms with van der Waals surface area (Å²) in [6.07, 6.45) is -0.589. The van der Waals surface area contributed by atoms with Crippen LogP contribution in [0.5, 0.6) is 11.5 Å². The molecule has 1 saturated heterocycles. The summed E-state index contributed by atoms with van der Waals surface area (Å²) in [7, 11) is 1.30. The number of nitrogens with zero attached hydrogens (tertiary/aromatic N) is 1. The third kappa shape index (κ3) is 2.69. The van der Waals surface area contributed by atoms with Gasteiger partial charge >= 0.3 is 11.8 Å². The van der Waals surface area contributed by atoms with E-state index in [1.165, 1.54) is 19.2 Å². The van der Waals surface area contributed by atoms with Crippen molar-refractivity contribution in [3.63, 3.8) is 0 Å². The van der Waals surface area contributed by atoms with Gasteiger partial charge in [0.05, 0.1) is 18.1 Å². The molecule has 0 aromatic heterocycles. The Morgan fingerprint density at radius 3 is 2.76 bits per heavy atom. The molecule has 2 N–H and O–H groups in total. The minimum absolute atomic E-state index is 0.0178. The average molecular weight is 296 g/mol. The summed E-state index contributed by atoms with van der Waals surface area (Å²) in [5.41, 5.74) is -0.470. The monoisotopic (exact) mass is 296 g/mol. The highest BCUT2D eigenvalue weighted by molar-refractivity contribution is 5.69. The molecule has 1 amide bonds. The van der Waals surface area contributed by atoms with Crippen LogP contribution in [-0.4, -0.2) is 29.8 Å². The Bertz CT molecular complexity index is 599. The molecule has 0 radical (unpaired) electrons. The van der Waals surface area contributed by atoms with Gasteiger partial charge in [-0.1, -0.05) is 13.8 Å². The number of hydrogen-bond donors (Lipinski definition) is 2. The molecule has 0 unspecified atom stereocenters. The number of rotatable bonds is 3. The van der Waals surface area contributed by atoms with Crippen molar-refractivity contribution in [3.05, 3.63) is 27.8 Å². The van der Waals surface area contributed by atoms with Crippen molar-refractivity contribution in [1.82, 2.24) is 5.32 Å². The van der Waals surface area contributed by atoms with Crippen LogP contribution in [0.1, 0.15) is 25.5 Å². The Morgan fingerprint density at radius 1 is 1.52 bits per heavy atom. The topological polar surface area (TPSA) is 111 Å². The molecule has 2 rings (SSSR count). The van der Waals surface area contributed by atoms with Crippen molar-refractivity contribution in [2.24, 2.45) is 5.41 Å². The normalized spacial score (nSPS) is 20.3. The number of phenols is 1. The summed E-state index contributed by atoms with van der Waals surface area (Å²) >= 11 is 0.